The Morgan fingerprint density at radius 1 is 1.12 bits per heavy atom. The van der Waals surface area contributed by atoms with E-state index in [1.54, 1.807) is 27.7 Å². The molecule has 0 radical (unpaired) electrons. The monoisotopic (exact) mass is 495 g/mol. The van der Waals surface area contributed by atoms with Crippen LogP contribution >= 0.6 is 12.6 Å². The lowest BCUT2D eigenvalue weighted by molar-refractivity contribution is -0.143. The van der Waals surface area contributed by atoms with E-state index in [0.29, 0.717) is 5.56 Å². The summed E-state index contributed by atoms with van der Waals surface area (Å²) in [5.41, 5.74) is 1.59. The van der Waals surface area contributed by atoms with Gasteiger partial charge < -0.3 is 25.0 Å². The van der Waals surface area contributed by atoms with E-state index >= 15 is 0 Å². The molecule has 0 saturated carbocycles. The highest BCUT2D eigenvalue weighted by Gasteiger charge is 2.35. The van der Waals surface area contributed by atoms with Gasteiger partial charge in [0.15, 0.2) is 0 Å². The Balaban J connectivity index is 3.17. The molecule has 2 N–H and O–H groups in total. The van der Waals surface area contributed by atoms with Gasteiger partial charge in [0.05, 0.1) is 13.0 Å². The average molecular weight is 496 g/mol. The van der Waals surface area contributed by atoms with Crippen molar-refractivity contribution >= 4 is 36.5 Å². The second kappa shape index (κ2) is 13.2. The van der Waals surface area contributed by atoms with Gasteiger partial charge in [-0.2, -0.15) is 12.6 Å². The molecular weight excluding hydrogens is 458 g/mol. The molecule has 2 atom stereocenters. The van der Waals surface area contributed by atoms with Crippen LogP contribution in [0.2, 0.25) is 0 Å². The number of nitrogens with zero attached hydrogens (tertiary/aromatic N) is 1. The maximum absolute atomic E-state index is 13.3. The van der Waals surface area contributed by atoms with E-state index in [1.807, 2.05) is 32.0 Å². The van der Waals surface area contributed by atoms with E-state index in [-0.39, 0.29) is 25.3 Å². The summed E-state index contributed by atoms with van der Waals surface area (Å²) >= 11 is 4.21. The molecule has 0 aliphatic rings. The maximum Gasteiger partial charge on any atom is 0.408 e. The molecule has 9 nitrogen and oxygen atoms in total. The lowest BCUT2D eigenvalue weighted by atomic mass is 9.94. The number of carbonyl (C=O) groups is 4. The van der Waals surface area contributed by atoms with Crippen LogP contribution in [0.25, 0.3) is 0 Å². The minimum Gasteiger partial charge on any atom is -0.466 e. The molecular formula is C24H37N3O6S. The normalized spacial score (nSPS) is 12.8. The Hall–Kier alpha value is -2.75. The van der Waals surface area contributed by atoms with Gasteiger partial charge in [-0.25, -0.2) is 4.79 Å². The van der Waals surface area contributed by atoms with Crippen LogP contribution in [0.1, 0.15) is 56.8 Å². The van der Waals surface area contributed by atoms with E-state index < -0.39 is 41.6 Å². The highest BCUT2D eigenvalue weighted by molar-refractivity contribution is 7.80. The predicted octanol–water partition coefficient (Wildman–Crippen LogP) is 2.70. The second-order valence-corrected chi connectivity index (χ2v) is 9.25. The molecule has 0 heterocycles. The number of benzene rings is 1. The average Bonchev–Trinajstić information content (AvgIpc) is 2.72. The molecule has 2 unspecified atom stereocenters. The summed E-state index contributed by atoms with van der Waals surface area (Å²) in [6.07, 6.45) is -0.744. The summed E-state index contributed by atoms with van der Waals surface area (Å²) < 4.78 is 10.1. The van der Waals surface area contributed by atoms with Gasteiger partial charge in [0, 0.05) is 19.3 Å². The first-order chi connectivity index (χ1) is 15.8. The second-order valence-electron chi connectivity index (χ2n) is 8.88. The SMILES string of the molecule is CCOC(=O)CCNC(=O)C(c1c(C)cccc1C)N(C)C(=O)C(CS)NC(=O)OC(C)(C)C. The van der Waals surface area contributed by atoms with E-state index in [4.69, 9.17) is 9.47 Å². The number of esters is 1. The number of ether oxygens (including phenoxy) is 2. The van der Waals surface area contributed by atoms with Crippen molar-refractivity contribution in [1.82, 2.24) is 15.5 Å². The summed E-state index contributed by atoms with van der Waals surface area (Å²) in [7, 11) is 1.50. The number of rotatable bonds is 10. The predicted molar refractivity (Wildman–Crippen MR) is 133 cm³/mol. The van der Waals surface area contributed by atoms with Gasteiger partial charge in [-0.1, -0.05) is 18.2 Å². The lowest BCUT2D eigenvalue weighted by Gasteiger charge is -2.32. The fourth-order valence-electron chi connectivity index (χ4n) is 3.39. The van der Waals surface area contributed by atoms with E-state index in [9.17, 15) is 19.2 Å². The molecule has 0 spiro atoms. The summed E-state index contributed by atoms with van der Waals surface area (Å²) in [6.45, 7) is 10.9. The van der Waals surface area contributed by atoms with Crippen LogP contribution < -0.4 is 10.6 Å². The van der Waals surface area contributed by atoms with Crippen molar-refractivity contribution < 1.29 is 28.7 Å². The third-order valence-electron chi connectivity index (χ3n) is 4.90. The largest absolute Gasteiger partial charge is 0.466 e. The molecule has 0 saturated heterocycles. The standard InChI is InChI=1S/C24H37N3O6S/c1-8-32-18(28)12-13-25-21(29)20(19-15(2)10-9-11-16(19)3)27(7)22(30)17(14-34)26-23(31)33-24(4,5)6/h9-11,17,20,34H,8,12-14H2,1-7H3,(H,25,29)(H,26,31). The third-order valence-corrected chi connectivity index (χ3v) is 5.27. The molecule has 1 aromatic carbocycles. The van der Waals surface area contributed by atoms with Gasteiger partial charge in [0.1, 0.15) is 17.7 Å². The van der Waals surface area contributed by atoms with Gasteiger partial charge in [0.25, 0.3) is 0 Å². The number of likely N-dealkylation sites (N-methyl/N-ethyl adjacent to an activating group) is 1. The minimum absolute atomic E-state index is 0.00632. The van der Waals surface area contributed by atoms with Gasteiger partial charge in [0.2, 0.25) is 11.8 Å². The van der Waals surface area contributed by atoms with Crippen LogP contribution in [0.15, 0.2) is 18.2 Å². The van der Waals surface area contributed by atoms with Crippen LogP contribution in [0.4, 0.5) is 4.79 Å². The maximum atomic E-state index is 13.3. The highest BCUT2D eigenvalue weighted by atomic mass is 32.1. The van der Waals surface area contributed by atoms with Crippen LogP contribution in [-0.2, 0) is 23.9 Å². The number of thiol groups is 1. The van der Waals surface area contributed by atoms with E-state index in [1.165, 1.54) is 11.9 Å². The van der Waals surface area contributed by atoms with Crippen LogP contribution in [0.5, 0.6) is 0 Å². The van der Waals surface area contributed by atoms with Crippen LogP contribution in [-0.4, -0.2) is 66.4 Å². The number of carbonyl (C=O) groups excluding carboxylic acids is 4. The van der Waals surface area contributed by atoms with E-state index in [0.717, 1.165) is 11.1 Å². The van der Waals surface area contributed by atoms with Crippen molar-refractivity contribution in [2.24, 2.45) is 0 Å². The van der Waals surface area contributed by atoms with Crippen molar-refractivity contribution in [2.75, 3.05) is 26.0 Å². The Labute approximate surface area is 207 Å². The Bertz CT molecular complexity index is 864. The molecule has 10 heteroatoms. The summed E-state index contributed by atoms with van der Waals surface area (Å²) in [5, 5.41) is 5.25. The number of hydrogen-bond donors (Lipinski definition) is 3. The summed E-state index contributed by atoms with van der Waals surface area (Å²) in [4.78, 5) is 51.8. The molecule has 1 rings (SSSR count). The number of amides is 3. The zero-order valence-corrected chi connectivity index (χ0v) is 22.0. The Morgan fingerprint density at radius 3 is 2.21 bits per heavy atom. The van der Waals surface area contributed by atoms with Crippen LogP contribution in [0, 0.1) is 13.8 Å². The zero-order chi connectivity index (χ0) is 26.1. The fourth-order valence-corrected chi connectivity index (χ4v) is 3.63. The van der Waals surface area contributed by atoms with E-state index in [2.05, 4.69) is 23.3 Å². The smallest absolute Gasteiger partial charge is 0.408 e. The molecule has 0 aliphatic heterocycles. The van der Waals surface area contributed by atoms with Crippen molar-refractivity contribution in [1.29, 1.82) is 0 Å². The topological polar surface area (TPSA) is 114 Å². The number of alkyl carbamates (subject to hydrolysis) is 1. The third kappa shape index (κ3) is 8.89. The zero-order valence-electron chi connectivity index (χ0n) is 21.1. The van der Waals surface area contributed by atoms with Crippen LogP contribution in [0.3, 0.4) is 0 Å². The molecule has 0 bridgehead atoms. The quantitative estimate of drug-likeness (QED) is 0.340. The summed E-state index contributed by atoms with van der Waals surface area (Å²) in [5.74, 6) is -1.37. The first kappa shape index (κ1) is 29.3. The van der Waals surface area contributed by atoms with Crippen molar-refractivity contribution in [3.63, 3.8) is 0 Å². The molecule has 34 heavy (non-hydrogen) atoms. The van der Waals surface area contributed by atoms with Gasteiger partial charge in [-0.05, 0) is 58.2 Å². The number of hydrogen-bond acceptors (Lipinski definition) is 7. The lowest BCUT2D eigenvalue weighted by Crippen LogP contribution is -2.52. The Morgan fingerprint density at radius 2 is 1.71 bits per heavy atom. The minimum atomic E-state index is -1.01. The molecule has 190 valence electrons. The first-order valence-electron chi connectivity index (χ1n) is 11.2. The molecule has 0 fully saturated rings. The molecule has 3 amide bonds. The number of aryl methyl sites for hydroxylation is 2. The molecule has 0 aromatic heterocycles. The summed E-state index contributed by atoms with van der Waals surface area (Å²) in [6, 6.07) is 3.58. The van der Waals surface area contributed by atoms with Gasteiger partial charge >= 0.3 is 12.1 Å². The fraction of sp³-hybridized carbons (Fsp3) is 0.583. The first-order valence-corrected chi connectivity index (χ1v) is 11.8. The van der Waals surface area contributed by atoms with Crippen molar-refractivity contribution in [3.05, 3.63) is 34.9 Å². The number of nitrogens with one attached hydrogen (secondary N) is 2. The van der Waals surface area contributed by atoms with Crippen molar-refractivity contribution in [2.45, 2.75) is 65.6 Å². The highest BCUT2D eigenvalue weighted by Crippen LogP contribution is 2.27. The molecule has 1 aromatic rings. The van der Waals surface area contributed by atoms with Crippen molar-refractivity contribution in [3.8, 4) is 0 Å². The van der Waals surface area contributed by atoms with Gasteiger partial charge in [-0.15, -0.1) is 0 Å². The molecule has 0 aliphatic carbocycles. The van der Waals surface area contributed by atoms with Gasteiger partial charge in [-0.3, -0.25) is 14.4 Å². The Kier molecular flexibility index (Phi) is 11.4.